The van der Waals surface area contributed by atoms with E-state index in [0.29, 0.717) is 12.0 Å². The maximum atomic E-state index is 5.70. The SMILES string of the molecule is CCNCc1sc(CC2CCCO2)nc1C(C)C. The molecule has 0 radical (unpaired) electrons. The van der Waals surface area contributed by atoms with Crippen molar-refractivity contribution >= 4 is 11.3 Å². The van der Waals surface area contributed by atoms with E-state index in [-0.39, 0.29) is 0 Å². The minimum atomic E-state index is 0.406. The van der Waals surface area contributed by atoms with E-state index in [2.05, 4.69) is 26.1 Å². The van der Waals surface area contributed by atoms with E-state index in [9.17, 15) is 0 Å². The minimum Gasteiger partial charge on any atom is -0.378 e. The van der Waals surface area contributed by atoms with Crippen molar-refractivity contribution < 1.29 is 4.74 Å². The predicted molar refractivity (Wildman–Crippen MR) is 76.3 cm³/mol. The van der Waals surface area contributed by atoms with Crippen molar-refractivity contribution in [2.24, 2.45) is 0 Å². The molecule has 18 heavy (non-hydrogen) atoms. The number of hydrogen-bond acceptors (Lipinski definition) is 4. The Morgan fingerprint density at radius 1 is 1.50 bits per heavy atom. The van der Waals surface area contributed by atoms with Gasteiger partial charge in [0, 0.05) is 24.4 Å². The molecule has 2 rings (SSSR count). The molecule has 0 bridgehead atoms. The molecule has 1 unspecified atom stereocenters. The molecule has 1 atom stereocenters. The first-order valence-electron chi connectivity index (χ1n) is 7.01. The Hall–Kier alpha value is -0.450. The maximum absolute atomic E-state index is 5.70. The van der Waals surface area contributed by atoms with Crippen LogP contribution in [0.1, 0.15) is 55.1 Å². The summed E-state index contributed by atoms with van der Waals surface area (Å²) in [4.78, 5) is 6.23. The van der Waals surface area contributed by atoms with E-state index in [1.54, 1.807) is 0 Å². The van der Waals surface area contributed by atoms with Gasteiger partial charge in [-0.25, -0.2) is 4.98 Å². The molecule has 1 saturated heterocycles. The second-order valence-corrected chi connectivity index (χ2v) is 6.36. The van der Waals surface area contributed by atoms with Crippen molar-refractivity contribution in [3.05, 3.63) is 15.6 Å². The number of hydrogen-bond donors (Lipinski definition) is 1. The van der Waals surface area contributed by atoms with Crippen molar-refractivity contribution in [2.75, 3.05) is 13.2 Å². The van der Waals surface area contributed by atoms with Crippen LogP contribution in [0, 0.1) is 0 Å². The standard InChI is InChI=1S/C14H24N2OS/c1-4-15-9-12-14(10(2)3)16-13(18-12)8-11-6-5-7-17-11/h10-11,15H,4-9H2,1-3H3. The summed E-state index contributed by atoms with van der Waals surface area (Å²) in [6, 6.07) is 0. The van der Waals surface area contributed by atoms with E-state index < -0.39 is 0 Å². The van der Waals surface area contributed by atoms with Gasteiger partial charge in [-0.2, -0.15) is 0 Å². The first kappa shape index (κ1) is 14.0. The molecule has 0 amide bonds. The molecule has 1 aromatic rings. The fraction of sp³-hybridized carbons (Fsp3) is 0.786. The fourth-order valence-electron chi connectivity index (χ4n) is 2.32. The van der Waals surface area contributed by atoms with Gasteiger partial charge in [0.2, 0.25) is 0 Å². The Morgan fingerprint density at radius 2 is 2.33 bits per heavy atom. The number of ether oxygens (including phenoxy) is 1. The quantitative estimate of drug-likeness (QED) is 0.861. The van der Waals surface area contributed by atoms with Gasteiger partial charge in [0.05, 0.1) is 16.8 Å². The third-order valence-electron chi connectivity index (χ3n) is 3.28. The van der Waals surface area contributed by atoms with Gasteiger partial charge in [0.15, 0.2) is 0 Å². The number of aromatic nitrogens is 1. The highest BCUT2D eigenvalue weighted by molar-refractivity contribution is 7.11. The van der Waals surface area contributed by atoms with Gasteiger partial charge in [0.1, 0.15) is 0 Å². The molecule has 102 valence electrons. The van der Waals surface area contributed by atoms with Crippen LogP contribution in [0.15, 0.2) is 0 Å². The molecule has 0 aliphatic carbocycles. The molecule has 1 aromatic heterocycles. The molecule has 1 aliphatic heterocycles. The van der Waals surface area contributed by atoms with Crippen LogP contribution in [-0.2, 0) is 17.7 Å². The fourth-order valence-corrected chi connectivity index (χ4v) is 3.58. The highest BCUT2D eigenvalue weighted by Gasteiger charge is 2.20. The molecule has 0 aromatic carbocycles. The summed E-state index contributed by atoms with van der Waals surface area (Å²) >= 11 is 1.86. The van der Waals surface area contributed by atoms with Crippen LogP contribution >= 0.6 is 11.3 Å². The van der Waals surface area contributed by atoms with Crippen LogP contribution in [-0.4, -0.2) is 24.2 Å². The average Bonchev–Trinajstić information content (AvgIpc) is 2.96. The van der Waals surface area contributed by atoms with E-state index >= 15 is 0 Å². The third-order valence-corrected chi connectivity index (χ3v) is 4.37. The van der Waals surface area contributed by atoms with E-state index in [0.717, 1.165) is 26.1 Å². The lowest BCUT2D eigenvalue weighted by atomic mass is 10.1. The summed E-state index contributed by atoms with van der Waals surface area (Å²) < 4.78 is 5.70. The number of thiazole rings is 1. The highest BCUT2D eigenvalue weighted by Crippen LogP contribution is 2.27. The molecular weight excluding hydrogens is 244 g/mol. The van der Waals surface area contributed by atoms with Gasteiger partial charge in [-0.3, -0.25) is 0 Å². The molecule has 4 heteroatoms. The van der Waals surface area contributed by atoms with Crippen molar-refractivity contribution in [2.45, 2.75) is 58.6 Å². The van der Waals surface area contributed by atoms with Crippen LogP contribution in [0.2, 0.25) is 0 Å². The van der Waals surface area contributed by atoms with Crippen LogP contribution in [0.3, 0.4) is 0 Å². The monoisotopic (exact) mass is 268 g/mol. The third kappa shape index (κ3) is 3.53. The van der Waals surface area contributed by atoms with Crippen LogP contribution in [0.5, 0.6) is 0 Å². The largest absolute Gasteiger partial charge is 0.378 e. The Labute approximate surface area is 114 Å². The minimum absolute atomic E-state index is 0.406. The highest BCUT2D eigenvalue weighted by atomic mass is 32.1. The van der Waals surface area contributed by atoms with Crippen LogP contribution in [0.25, 0.3) is 0 Å². The normalized spacial score (nSPS) is 19.9. The van der Waals surface area contributed by atoms with Gasteiger partial charge < -0.3 is 10.1 Å². The summed E-state index contributed by atoms with van der Waals surface area (Å²) in [5, 5.41) is 4.65. The van der Waals surface area contributed by atoms with Crippen LogP contribution < -0.4 is 5.32 Å². The number of rotatable bonds is 6. The van der Waals surface area contributed by atoms with Gasteiger partial charge in [-0.15, -0.1) is 11.3 Å². The van der Waals surface area contributed by atoms with Gasteiger partial charge in [0.25, 0.3) is 0 Å². The summed E-state index contributed by atoms with van der Waals surface area (Å²) in [7, 11) is 0. The van der Waals surface area contributed by atoms with Gasteiger partial charge >= 0.3 is 0 Å². The van der Waals surface area contributed by atoms with Crippen molar-refractivity contribution in [3.8, 4) is 0 Å². The second-order valence-electron chi connectivity index (χ2n) is 5.19. The molecular formula is C14H24N2OS. The Kier molecular flexibility index (Phi) is 5.15. The summed E-state index contributed by atoms with van der Waals surface area (Å²) in [6.45, 7) is 9.48. The molecule has 0 spiro atoms. The molecule has 3 nitrogen and oxygen atoms in total. The summed E-state index contributed by atoms with van der Waals surface area (Å²) in [6.07, 6.45) is 3.80. The zero-order valence-corrected chi connectivity index (χ0v) is 12.5. The molecule has 2 heterocycles. The second kappa shape index (κ2) is 6.64. The van der Waals surface area contributed by atoms with E-state index in [1.807, 2.05) is 11.3 Å². The smallest absolute Gasteiger partial charge is 0.0957 e. The Morgan fingerprint density at radius 3 is 2.94 bits per heavy atom. The van der Waals surface area contributed by atoms with Gasteiger partial charge in [-0.05, 0) is 25.3 Å². The van der Waals surface area contributed by atoms with Crippen molar-refractivity contribution in [1.29, 1.82) is 0 Å². The van der Waals surface area contributed by atoms with Gasteiger partial charge in [-0.1, -0.05) is 20.8 Å². The lowest BCUT2D eigenvalue weighted by molar-refractivity contribution is 0.111. The zero-order valence-electron chi connectivity index (χ0n) is 11.7. The topological polar surface area (TPSA) is 34.1 Å². The first-order valence-corrected chi connectivity index (χ1v) is 7.83. The lowest BCUT2D eigenvalue weighted by Gasteiger charge is -2.05. The van der Waals surface area contributed by atoms with E-state index in [4.69, 9.17) is 9.72 Å². The molecule has 1 N–H and O–H groups in total. The maximum Gasteiger partial charge on any atom is 0.0957 e. The van der Waals surface area contributed by atoms with Crippen LogP contribution in [0.4, 0.5) is 0 Å². The summed E-state index contributed by atoms with van der Waals surface area (Å²) in [5.41, 5.74) is 1.27. The predicted octanol–water partition coefficient (Wildman–Crippen LogP) is 3.10. The molecule has 1 fully saturated rings. The first-order chi connectivity index (χ1) is 8.70. The molecule has 1 aliphatic rings. The summed E-state index contributed by atoms with van der Waals surface area (Å²) in [5.74, 6) is 0.508. The number of nitrogens with one attached hydrogen (secondary N) is 1. The lowest BCUT2D eigenvalue weighted by Crippen LogP contribution is -2.12. The Bertz CT molecular complexity index is 370. The zero-order chi connectivity index (χ0) is 13.0. The number of nitrogens with zero attached hydrogens (tertiary/aromatic N) is 1. The van der Waals surface area contributed by atoms with E-state index in [1.165, 1.54) is 28.4 Å². The van der Waals surface area contributed by atoms with Crippen molar-refractivity contribution in [1.82, 2.24) is 10.3 Å². The van der Waals surface area contributed by atoms with Crippen molar-refractivity contribution in [3.63, 3.8) is 0 Å². The molecule has 0 saturated carbocycles. The average molecular weight is 268 g/mol. The Balaban J connectivity index is 2.05.